The molecule has 0 unspecified atom stereocenters. The molecule has 4 rings (SSSR count). The first-order valence-electron chi connectivity index (χ1n) is 7.84. The van der Waals surface area contributed by atoms with Crippen LogP contribution in [0.25, 0.3) is 28.1 Å². The van der Waals surface area contributed by atoms with Gasteiger partial charge in [0.1, 0.15) is 0 Å². The summed E-state index contributed by atoms with van der Waals surface area (Å²) in [7, 11) is 0. The highest BCUT2D eigenvalue weighted by Gasteiger charge is 2.16. The number of rotatable bonds is 4. The van der Waals surface area contributed by atoms with Gasteiger partial charge in [0.05, 0.1) is 23.8 Å². The molecule has 0 fully saturated rings. The fraction of sp³-hybridized carbons (Fsp3) is 0. The largest absolute Gasteiger partial charge is 0.476 e. The van der Waals surface area contributed by atoms with E-state index >= 15 is 0 Å². The van der Waals surface area contributed by atoms with Gasteiger partial charge in [0, 0.05) is 18.0 Å². The van der Waals surface area contributed by atoms with Crippen LogP contribution in [0, 0.1) is 0 Å². The summed E-state index contributed by atoms with van der Waals surface area (Å²) in [5.74, 6) is -1.09. The van der Waals surface area contributed by atoms with Crippen molar-refractivity contribution in [2.24, 2.45) is 0 Å². The Morgan fingerprint density at radius 1 is 0.962 bits per heavy atom. The number of hydrogen-bond donors (Lipinski definition) is 1. The molecule has 7 nitrogen and oxygen atoms in total. The second-order valence-corrected chi connectivity index (χ2v) is 5.52. The molecular formula is C19H13N5O2. The number of aromatic nitrogens is 5. The molecule has 1 N–H and O–H groups in total. The molecule has 0 radical (unpaired) electrons. The summed E-state index contributed by atoms with van der Waals surface area (Å²) < 4.78 is 1.29. The van der Waals surface area contributed by atoms with Gasteiger partial charge in [-0.2, -0.15) is 0 Å². The van der Waals surface area contributed by atoms with E-state index < -0.39 is 5.97 Å². The summed E-state index contributed by atoms with van der Waals surface area (Å²) in [5, 5.41) is 16.9. The van der Waals surface area contributed by atoms with Crippen LogP contribution in [-0.2, 0) is 0 Å². The van der Waals surface area contributed by atoms with Crippen LogP contribution < -0.4 is 0 Å². The Labute approximate surface area is 148 Å². The first-order valence-corrected chi connectivity index (χ1v) is 7.84. The van der Waals surface area contributed by atoms with E-state index in [1.165, 1.54) is 10.9 Å². The number of aromatic carboxylic acids is 1. The Morgan fingerprint density at radius 3 is 2.54 bits per heavy atom. The molecule has 0 spiro atoms. The van der Waals surface area contributed by atoms with Gasteiger partial charge in [0.2, 0.25) is 0 Å². The Bertz CT molecular complexity index is 1060. The molecule has 0 bridgehead atoms. The molecule has 26 heavy (non-hydrogen) atoms. The Kier molecular flexibility index (Phi) is 3.95. The van der Waals surface area contributed by atoms with E-state index in [1.54, 1.807) is 18.6 Å². The molecule has 2 heterocycles. The zero-order valence-electron chi connectivity index (χ0n) is 13.5. The van der Waals surface area contributed by atoms with Gasteiger partial charge in [-0.25, -0.2) is 9.48 Å². The number of carbonyl (C=O) groups is 1. The standard InChI is InChI=1S/C19H13N5O2/c25-19(26)18-12-22-23-24(18)14-6-7-15(13-4-2-1-3-5-13)16(10-14)17-11-20-8-9-21-17/h1-12H,(H,25,26). The lowest BCUT2D eigenvalue weighted by Crippen LogP contribution is -2.08. The van der Waals surface area contributed by atoms with Gasteiger partial charge in [0.25, 0.3) is 0 Å². The molecule has 0 saturated carbocycles. The van der Waals surface area contributed by atoms with Crippen LogP contribution >= 0.6 is 0 Å². The van der Waals surface area contributed by atoms with Crippen molar-refractivity contribution in [3.8, 4) is 28.1 Å². The highest BCUT2D eigenvalue weighted by atomic mass is 16.4. The van der Waals surface area contributed by atoms with E-state index in [9.17, 15) is 9.90 Å². The van der Waals surface area contributed by atoms with Crippen molar-refractivity contribution in [3.05, 3.63) is 79.0 Å². The monoisotopic (exact) mass is 343 g/mol. The maximum atomic E-state index is 11.4. The fourth-order valence-corrected chi connectivity index (χ4v) is 2.76. The molecule has 2 aromatic heterocycles. The number of carboxylic acids is 1. The normalized spacial score (nSPS) is 10.6. The van der Waals surface area contributed by atoms with E-state index in [2.05, 4.69) is 20.3 Å². The second-order valence-electron chi connectivity index (χ2n) is 5.52. The molecule has 0 saturated heterocycles. The smallest absolute Gasteiger partial charge is 0.356 e. The lowest BCUT2D eigenvalue weighted by atomic mass is 9.97. The SMILES string of the molecule is O=C(O)c1cnnn1-c1ccc(-c2ccccc2)c(-c2cnccn2)c1. The summed E-state index contributed by atoms with van der Waals surface area (Å²) in [4.78, 5) is 19.9. The minimum atomic E-state index is -1.09. The van der Waals surface area contributed by atoms with E-state index in [0.717, 1.165) is 16.7 Å². The van der Waals surface area contributed by atoms with E-state index in [1.807, 2.05) is 48.5 Å². The van der Waals surface area contributed by atoms with Crippen molar-refractivity contribution in [1.29, 1.82) is 0 Å². The average molecular weight is 343 g/mol. The highest BCUT2D eigenvalue weighted by Crippen LogP contribution is 2.32. The van der Waals surface area contributed by atoms with Crippen LogP contribution in [0.4, 0.5) is 0 Å². The molecule has 0 atom stereocenters. The number of benzene rings is 2. The first-order chi connectivity index (χ1) is 12.7. The number of nitrogens with zero attached hydrogens (tertiary/aromatic N) is 5. The second kappa shape index (κ2) is 6.56. The summed E-state index contributed by atoms with van der Waals surface area (Å²) >= 11 is 0. The number of carboxylic acid groups (broad SMARTS) is 1. The van der Waals surface area contributed by atoms with Crippen molar-refractivity contribution in [3.63, 3.8) is 0 Å². The van der Waals surface area contributed by atoms with Crippen LogP contribution in [0.1, 0.15) is 10.5 Å². The zero-order chi connectivity index (χ0) is 17.9. The van der Waals surface area contributed by atoms with Crippen LogP contribution in [0.15, 0.2) is 73.3 Å². The molecule has 0 aliphatic carbocycles. The van der Waals surface area contributed by atoms with Gasteiger partial charge in [-0.15, -0.1) is 5.10 Å². The van der Waals surface area contributed by atoms with Gasteiger partial charge in [-0.05, 0) is 23.3 Å². The summed E-state index contributed by atoms with van der Waals surface area (Å²) in [6.07, 6.45) is 6.12. The Balaban J connectivity index is 1.93. The first kappa shape index (κ1) is 15.6. The van der Waals surface area contributed by atoms with Crippen LogP contribution in [0.5, 0.6) is 0 Å². The summed E-state index contributed by atoms with van der Waals surface area (Å²) in [6, 6.07) is 15.5. The maximum Gasteiger partial charge on any atom is 0.356 e. The van der Waals surface area contributed by atoms with Gasteiger partial charge in [-0.3, -0.25) is 9.97 Å². The van der Waals surface area contributed by atoms with Gasteiger partial charge in [0.15, 0.2) is 5.69 Å². The van der Waals surface area contributed by atoms with Crippen molar-refractivity contribution < 1.29 is 9.90 Å². The molecule has 2 aromatic carbocycles. The highest BCUT2D eigenvalue weighted by molar-refractivity contribution is 5.87. The molecule has 4 aromatic rings. The van der Waals surface area contributed by atoms with Crippen LogP contribution in [0.2, 0.25) is 0 Å². The van der Waals surface area contributed by atoms with Gasteiger partial charge >= 0.3 is 5.97 Å². The lowest BCUT2D eigenvalue weighted by Gasteiger charge is -2.12. The quantitative estimate of drug-likeness (QED) is 0.612. The zero-order valence-corrected chi connectivity index (χ0v) is 13.5. The topological polar surface area (TPSA) is 93.8 Å². The molecule has 7 heteroatoms. The van der Waals surface area contributed by atoms with Gasteiger partial charge in [-0.1, -0.05) is 41.6 Å². The Morgan fingerprint density at radius 2 is 1.81 bits per heavy atom. The van der Waals surface area contributed by atoms with E-state index in [-0.39, 0.29) is 5.69 Å². The molecular weight excluding hydrogens is 330 g/mol. The van der Waals surface area contributed by atoms with Crippen molar-refractivity contribution in [1.82, 2.24) is 25.0 Å². The van der Waals surface area contributed by atoms with Gasteiger partial charge < -0.3 is 5.11 Å². The molecule has 126 valence electrons. The van der Waals surface area contributed by atoms with E-state index in [4.69, 9.17) is 0 Å². The van der Waals surface area contributed by atoms with E-state index in [0.29, 0.717) is 11.4 Å². The van der Waals surface area contributed by atoms with Crippen molar-refractivity contribution in [2.75, 3.05) is 0 Å². The minimum absolute atomic E-state index is 0.0115. The van der Waals surface area contributed by atoms with Crippen LogP contribution in [-0.4, -0.2) is 36.0 Å². The maximum absolute atomic E-state index is 11.4. The van der Waals surface area contributed by atoms with Crippen molar-refractivity contribution in [2.45, 2.75) is 0 Å². The number of hydrogen-bond acceptors (Lipinski definition) is 5. The lowest BCUT2D eigenvalue weighted by molar-refractivity contribution is 0.0687. The minimum Gasteiger partial charge on any atom is -0.476 e. The third-order valence-electron chi connectivity index (χ3n) is 3.94. The molecule has 0 aliphatic rings. The fourth-order valence-electron chi connectivity index (χ4n) is 2.76. The predicted octanol–water partition coefficient (Wildman–Crippen LogP) is 3.09. The molecule has 0 amide bonds. The summed E-state index contributed by atoms with van der Waals surface area (Å²) in [6.45, 7) is 0. The molecule has 0 aliphatic heterocycles. The Hall–Kier alpha value is -3.87. The predicted molar refractivity (Wildman–Crippen MR) is 94.8 cm³/mol. The average Bonchev–Trinajstić information content (AvgIpc) is 3.19. The third-order valence-corrected chi connectivity index (χ3v) is 3.94. The summed E-state index contributed by atoms with van der Waals surface area (Å²) in [5.41, 5.74) is 4.07. The third kappa shape index (κ3) is 2.82. The van der Waals surface area contributed by atoms with Crippen LogP contribution in [0.3, 0.4) is 0 Å². The van der Waals surface area contributed by atoms with Crippen molar-refractivity contribution >= 4 is 5.97 Å².